The van der Waals surface area contributed by atoms with Crippen molar-refractivity contribution in [3.63, 3.8) is 0 Å². The monoisotopic (exact) mass is 302 g/mol. The Kier molecular flexibility index (Phi) is 3.39. The summed E-state index contributed by atoms with van der Waals surface area (Å²) in [6.45, 7) is 4.17. The van der Waals surface area contributed by atoms with Gasteiger partial charge < -0.3 is 11.1 Å². The van der Waals surface area contributed by atoms with Gasteiger partial charge in [-0.3, -0.25) is 5.10 Å². The van der Waals surface area contributed by atoms with Crippen molar-refractivity contribution >= 4 is 39.8 Å². The summed E-state index contributed by atoms with van der Waals surface area (Å²) in [5, 5.41) is 11.0. The Balaban J connectivity index is 2.02. The zero-order chi connectivity index (χ0) is 15.0. The Morgan fingerprint density at radius 2 is 2.05 bits per heavy atom. The first-order valence-electron chi connectivity index (χ1n) is 6.57. The minimum absolute atomic E-state index is 0.309. The van der Waals surface area contributed by atoms with Crippen LogP contribution in [0.2, 0.25) is 5.02 Å². The molecular weight excluding hydrogens is 288 g/mol. The normalized spacial score (nSPS) is 11.2. The third kappa shape index (κ3) is 2.50. The summed E-state index contributed by atoms with van der Waals surface area (Å²) in [4.78, 5) is 8.55. The third-order valence-electron chi connectivity index (χ3n) is 3.20. The molecule has 2 heterocycles. The molecule has 1 aromatic carbocycles. The van der Waals surface area contributed by atoms with Crippen molar-refractivity contribution in [1.29, 1.82) is 0 Å². The fourth-order valence-electron chi connectivity index (χ4n) is 2.10. The number of nitrogen functional groups attached to an aromatic ring is 1. The Bertz CT molecular complexity index is 795. The maximum Gasteiger partial charge on any atom is 0.162 e. The number of nitrogens with zero attached hydrogens (tertiary/aromatic N) is 3. The van der Waals surface area contributed by atoms with E-state index in [0.29, 0.717) is 28.0 Å². The lowest BCUT2D eigenvalue weighted by Crippen LogP contribution is -1.97. The standard InChI is InChI=1S/C14H15ClN6/c1-7(2)11-12-13(21-20-11)14(18-6-17-12)19-8-3-4-9(15)10(16)5-8/h3-7H,16H2,1-2H3,(H,20,21)(H,17,18,19). The molecule has 108 valence electrons. The van der Waals surface area contributed by atoms with Crippen molar-refractivity contribution in [2.75, 3.05) is 11.1 Å². The van der Waals surface area contributed by atoms with Gasteiger partial charge >= 0.3 is 0 Å². The number of nitrogens with two attached hydrogens (primary N) is 1. The van der Waals surface area contributed by atoms with Gasteiger partial charge in [-0.25, -0.2) is 9.97 Å². The Morgan fingerprint density at radius 1 is 1.24 bits per heavy atom. The SMILES string of the molecule is CC(C)c1[nH]nc2c(Nc3ccc(Cl)c(N)c3)ncnc12. The van der Waals surface area contributed by atoms with Crippen LogP contribution >= 0.6 is 11.6 Å². The number of rotatable bonds is 3. The predicted molar refractivity (Wildman–Crippen MR) is 84.9 cm³/mol. The topological polar surface area (TPSA) is 92.5 Å². The van der Waals surface area contributed by atoms with Crippen LogP contribution in [0, 0.1) is 0 Å². The van der Waals surface area contributed by atoms with E-state index < -0.39 is 0 Å². The van der Waals surface area contributed by atoms with Gasteiger partial charge in [0.2, 0.25) is 0 Å². The van der Waals surface area contributed by atoms with E-state index in [4.69, 9.17) is 17.3 Å². The van der Waals surface area contributed by atoms with Crippen molar-refractivity contribution in [3.05, 3.63) is 35.2 Å². The lowest BCUT2D eigenvalue weighted by Gasteiger charge is -2.07. The van der Waals surface area contributed by atoms with Crippen LogP contribution in [-0.4, -0.2) is 20.2 Å². The molecule has 0 amide bonds. The van der Waals surface area contributed by atoms with E-state index in [2.05, 4.69) is 39.3 Å². The summed E-state index contributed by atoms with van der Waals surface area (Å²) < 4.78 is 0. The number of fused-ring (bicyclic) bond motifs is 1. The van der Waals surface area contributed by atoms with Crippen molar-refractivity contribution < 1.29 is 0 Å². The second kappa shape index (κ2) is 5.21. The van der Waals surface area contributed by atoms with Gasteiger partial charge in [0.25, 0.3) is 0 Å². The van der Waals surface area contributed by atoms with Crippen molar-refractivity contribution in [2.24, 2.45) is 0 Å². The number of hydrogen-bond donors (Lipinski definition) is 3. The summed E-state index contributed by atoms with van der Waals surface area (Å²) in [7, 11) is 0. The van der Waals surface area contributed by atoms with Gasteiger partial charge in [-0.05, 0) is 24.1 Å². The number of halogens is 1. The molecule has 3 aromatic rings. The molecular formula is C14H15ClN6. The highest BCUT2D eigenvalue weighted by molar-refractivity contribution is 6.33. The number of anilines is 3. The number of aromatic amines is 1. The average Bonchev–Trinajstić information content (AvgIpc) is 2.88. The molecule has 2 aromatic heterocycles. The first-order valence-corrected chi connectivity index (χ1v) is 6.95. The molecule has 0 bridgehead atoms. The molecule has 6 nitrogen and oxygen atoms in total. The van der Waals surface area contributed by atoms with Crippen LogP contribution in [0.3, 0.4) is 0 Å². The maximum absolute atomic E-state index is 5.92. The summed E-state index contributed by atoms with van der Waals surface area (Å²) >= 11 is 5.92. The Hall–Kier alpha value is -2.34. The zero-order valence-electron chi connectivity index (χ0n) is 11.7. The van der Waals surface area contributed by atoms with E-state index in [0.717, 1.165) is 16.9 Å². The first-order chi connectivity index (χ1) is 10.1. The largest absolute Gasteiger partial charge is 0.397 e. The second-order valence-electron chi connectivity index (χ2n) is 5.07. The smallest absolute Gasteiger partial charge is 0.162 e. The van der Waals surface area contributed by atoms with Crippen LogP contribution in [0.4, 0.5) is 17.2 Å². The van der Waals surface area contributed by atoms with Crippen molar-refractivity contribution in [3.8, 4) is 0 Å². The zero-order valence-corrected chi connectivity index (χ0v) is 12.4. The van der Waals surface area contributed by atoms with Crippen LogP contribution in [0.25, 0.3) is 11.0 Å². The highest BCUT2D eigenvalue weighted by Gasteiger charge is 2.14. The number of nitrogens with one attached hydrogen (secondary N) is 2. The molecule has 4 N–H and O–H groups in total. The van der Waals surface area contributed by atoms with Gasteiger partial charge in [-0.1, -0.05) is 25.4 Å². The molecule has 0 unspecified atom stereocenters. The third-order valence-corrected chi connectivity index (χ3v) is 3.55. The molecule has 0 saturated carbocycles. The van der Waals surface area contributed by atoms with Gasteiger partial charge in [0.1, 0.15) is 11.8 Å². The summed E-state index contributed by atoms with van der Waals surface area (Å²) in [5.41, 5.74) is 9.63. The Labute approximate surface area is 126 Å². The molecule has 0 spiro atoms. The van der Waals surface area contributed by atoms with Gasteiger partial charge in [0.05, 0.1) is 16.4 Å². The van der Waals surface area contributed by atoms with E-state index in [1.165, 1.54) is 6.33 Å². The maximum atomic E-state index is 5.92. The van der Waals surface area contributed by atoms with E-state index in [1.54, 1.807) is 12.1 Å². The minimum Gasteiger partial charge on any atom is -0.397 e. The van der Waals surface area contributed by atoms with E-state index >= 15 is 0 Å². The summed E-state index contributed by atoms with van der Waals surface area (Å²) in [6.07, 6.45) is 1.52. The van der Waals surface area contributed by atoms with E-state index in [1.807, 2.05) is 6.07 Å². The van der Waals surface area contributed by atoms with Gasteiger partial charge in [0.15, 0.2) is 11.3 Å². The predicted octanol–water partition coefficient (Wildman–Crippen LogP) is 3.46. The molecule has 0 aliphatic carbocycles. The molecule has 0 atom stereocenters. The first kappa shape index (κ1) is 13.6. The fourth-order valence-corrected chi connectivity index (χ4v) is 2.22. The van der Waals surface area contributed by atoms with Gasteiger partial charge in [-0.2, -0.15) is 5.10 Å². The quantitative estimate of drug-likeness (QED) is 0.644. The number of hydrogen-bond acceptors (Lipinski definition) is 5. The molecule has 0 radical (unpaired) electrons. The molecule has 0 saturated heterocycles. The highest BCUT2D eigenvalue weighted by Crippen LogP contribution is 2.28. The molecule has 0 aliphatic rings. The molecule has 3 rings (SSSR count). The number of benzene rings is 1. The second-order valence-corrected chi connectivity index (χ2v) is 5.48. The van der Waals surface area contributed by atoms with Gasteiger partial charge in [0, 0.05) is 5.69 Å². The number of aromatic nitrogens is 4. The molecule has 0 aliphatic heterocycles. The Morgan fingerprint density at radius 3 is 2.76 bits per heavy atom. The summed E-state index contributed by atoms with van der Waals surface area (Å²) in [6, 6.07) is 5.33. The van der Waals surface area contributed by atoms with Crippen LogP contribution < -0.4 is 11.1 Å². The molecule has 0 fully saturated rings. The van der Waals surface area contributed by atoms with Crippen molar-refractivity contribution in [1.82, 2.24) is 20.2 Å². The highest BCUT2D eigenvalue weighted by atomic mass is 35.5. The van der Waals surface area contributed by atoms with Crippen LogP contribution in [-0.2, 0) is 0 Å². The lowest BCUT2D eigenvalue weighted by molar-refractivity contribution is 0.815. The fraction of sp³-hybridized carbons (Fsp3) is 0.214. The van der Waals surface area contributed by atoms with Crippen LogP contribution in [0.15, 0.2) is 24.5 Å². The molecule has 7 heteroatoms. The van der Waals surface area contributed by atoms with Gasteiger partial charge in [-0.15, -0.1) is 0 Å². The van der Waals surface area contributed by atoms with Crippen molar-refractivity contribution in [2.45, 2.75) is 19.8 Å². The number of H-pyrrole nitrogens is 1. The lowest BCUT2D eigenvalue weighted by atomic mass is 10.1. The molecule has 21 heavy (non-hydrogen) atoms. The van der Waals surface area contributed by atoms with Crippen LogP contribution in [0.1, 0.15) is 25.5 Å². The minimum atomic E-state index is 0.309. The van der Waals surface area contributed by atoms with E-state index in [-0.39, 0.29) is 0 Å². The average molecular weight is 303 g/mol. The summed E-state index contributed by atoms with van der Waals surface area (Å²) in [5.74, 6) is 0.939. The van der Waals surface area contributed by atoms with E-state index in [9.17, 15) is 0 Å². The van der Waals surface area contributed by atoms with Crippen LogP contribution in [0.5, 0.6) is 0 Å².